The van der Waals surface area contributed by atoms with Gasteiger partial charge in [0.05, 0.1) is 13.0 Å². The molecule has 0 amide bonds. The van der Waals surface area contributed by atoms with Gasteiger partial charge in [-0.05, 0) is 12.8 Å². The summed E-state index contributed by atoms with van der Waals surface area (Å²) in [5, 5.41) is 0. The summed E-state index contributed by atoms with van der Waals surface area (Å²) in [6, 6.07) is 0. The van der Waals surface area contributed by atoms with Gasteiger partial charge in [0.15, 0.2) is 0 Å². The van der Waals surface area contributed by atoms with Crippen LogP contribution in [0.15, 0.2) is 12.2 Å². The first-order chi connectivity index (χ1) is 7.83. The Bertz CT molecular complexity index is 219. The summed E-state index contributed by atoms with van der Waals surface area (Å²) in [6.45, 7) is 3.36. The lowest BCUT2D eigenvalue weighted by Gasteiger charge is -1.99. The molecule has 1 saturated heterocycles. The number of carbonyl (C=O) groups is 1. The van der Waals surface area contributed by atoms with Crippen LogP contribution in [0.4, 0.5) is 0 Å². The summed E-state index contributed by atoms with van der Waals surface area (Å²) in [6.07, 6.45) is 10.7. The van der Waals surface area contributed by atoms with E-state index < -0.39 is 0 Å². The maximum absolute atomic E-state index is 11.2. The summed E-state index contributed by atoms with van der Waals surface area (Å²) in [7, 11) is 0. The SMILES string of the molecule is CCCCCC/C=C/CC(=O)OCC1CO1. The van der Waals surface area contributed by atoms with E-state index in [9.17, 15) is 4.79 Å². The Labute approximate surface area is 97.8 Å². The first-order valence-electron chi connectivity index (χ1n) is 6.25. The number of carbonyl (C=O) groups excluding carboxylic acids is 1. The number of hydrogen-bond donors (Lipinski definition) is 0. The fourth-order valence-corrected chi connectivity index (χ4v) is 1.40. The molecule has 0 spiro atoms. The molecular formula is C13H22O3. The van der Waals surface area contributed by atoms with Gasteiger partial charge in [-0.25, -0.2) is 0 Å². The van der Waals surface area contributed by atoms with E-state index in [2.05, 4.69) is 13.0 Å². The fourth-order valence-electron chi connectivity index (χ4n) is 1.40. The van der Waals surface area contributed by atoms with Crippen molar-refractivity contribution in [3.8, 4) is 0 Å². The molecule has 1 heterocycles. The van der Waals surface area contributed by atoms with E-state index in [0.29, 0.717) is 13.0 Å². The van der Waals surface area contributed by atoms with Gasteiger partial charge in [-0.1, -0.05) is 38.3 Å². The predicted molar refractivity (Wildman–Crippen MR) is 63.2 cm³/mol. The third kappa shape index (κ3) is 7.46. The molecule has 3 nitrogen and oxygen atoms in total. The zero-order valence-electron chi connectivity index (χ0n) is 10.1. The molecule has 1 rings (SSSR count). The van der Waals surface area contributed by atoms with Crippen molar-refractivity contribution in [2.24, 2.45) is 0 Å². The van der Waals surface area contributed by atoms with Crippen LogP contribution in [-0.2, 0) is 14.3 Å². The number of unbranched alkanes of at least 4 members (excludes halogenated alkanes) is 4. The molecule has 1 fully saturated rings. The van der Waals surface area contributed by atoms with E-state index in [-0.39, 0.29) is 12.1 Å². The largest absolute Gasteiger partial charge is 0.463 e. The van der Waals surface area contributed by atoms with E-state index in [1.165, 1.54) is 25.7 Å². The summed E-state index contributed by atoms with van der Waals surface area (Å²) in [4.78, 5) is 11.2. The Balaban J connectivity index is 1.87. The Morgan fingerprint density at radius 1 is 1.38 bits per heavy atom. The number of esters is 1. The summed E-state index contributed by atoms with van der Waals surface area (Å²) in [5.41, 5.74) is 0. The van der Waals surface area contributed by atoms with Crippen molar-refractivity contribution in [1.82, 2.24) is 0 Å². The Kier molecular flexibility index (Phi) is 6.90. The lowest BCUT2D eigenvalue weighted by atomic mass is 10.1. The van der Waals surface area contributed by atoms with Crippen molar-refractivity contribution in [3.05, 3.63) is 12.2 Å². The highest BCUT2D eigenvalue weighted by molar-refractivity contribution is 5.71. The molecule has 92 valence electrons. The quantitative estimate of drug-likeness (QED) is 0.263. The van der Waals surface area contributed by atoms with Gasteiger partial charge < -0.3 is 9.47 Å². The van der Waals surface area contributed by atoms with Crippen LogP contribution >= 0.6 is 0 Å². The van der Waals surface area contributed by atoms with Crippen molar-refractivity contribution in [2.45, 2.75) is 51.6 Å². The first kappa shape index (κ1) is 13.2. The highest BCUT2D eigenvalue weighted by Crippen LogP contribution is 2.09. The molecule has 0 aromatic heterocycles. The van der Waals surface area contributed by atoms with Gasteiger partial charge >= 0.3 is 5.97 Å². The molecule has 1 atom stereocenters. The zero-order valence-corrected chi connectivity index (χ0v) is 10.1. The lowest BCUT2D eigenvalue weighted by Crippen LogP contribution is -2.08. The average molecular weight is 226 g/mol. The summed E-state index contributed by atoms with van der Waals surface area (Å²) >= 11 is 0. The Morgan fingerprint density at radius 3 is 2.88 bits per heavy atom. The van der Waals surface area contributed by atoms with Crippen LogP contribution in [0.3, 0.4) is 0 Å². The normalized spacial score (nSPS) is 18.9. The third-order valence-corrected chi connectivity index (χ3v) is 2.51. The second-order valence-electron chi connectivity index (χ2n) is 4.16. The van der Waals surface area contributed by atoms with E-state index in [1.807, 2.05) is 6.08 Å². The Morgan fingerprint density at radius 2 is 2.19 bits per heavy atom. The van der Waals surface area contributed by atoms with Gasteiger partial charge in [0.1, 0.15) is 12.7 Å². The van der Waals surface area contributed by atoms with E-state index in [1.54, 1.807) is 0 Å². The van der Waals surface area contributed by atoms with Crippen LogP contribution in [0, 0.1) is 0 Å². The highest BCUT2D eigenvalue weighted by atomic mass is 16.6. The topological polar surface area (TPSA) is 38.8 Å². The van der Waals surface area contributed by atoms with Gasteiger partial charge in [-0.2, -0.15) is 0 Å². The molecular weight excluding hydrogens is 204 g/mol. The second-order valence-corrected chi connectivity index (χ2v) is 4.16. The predicted octanol–water partition coefficient (Wildman–Crippen LogP) is 2.85. The molecule has 0 N–H and O–H groups in total. The van der Waals surface area contributed by atoms with Crippen LogP contribution in [0.2, 0.25) is 0 Å². The van der Waals surface area contributed by atoms with E-state index in [4.69, 9.17) is 9.47 Å². The van der Waals surface area contributed by atoms with Crippen molar-refractivity contribution < 1.29 is 14.3 Å². The van der Waals surface area contributed by atoms with E-state index >= 15 is 0 Å². The van der Waals surface area contributed by atoms with Crippen molar-refractivity contribution >= 4 is 5.97 Å². The molecule has 0 radical (unpaired) electrons. The van der Waals surface area contributed by atoms with E-state index in [0.717, 1.165) is 13.0 Å². The number of ether oxygens (including phenoxy) is 2. The number of allylic oxidation sites excluding steroid dienone is 1. The fraction of sp³-hybridized carbons (Fsp3) is 0.769. The van der Waals surface area contributed by atoms with Crippen molar-refractivity contribution in [2.75, 3.05) is 13.2 Å². The third-order valence-electron chi connectivity index (χ3n) is 2.51. The molecule has 3 heteroatoms. The van der Waals surface area contributed by atoms with Crippen molar-refractivity contribution in [1.29, 1.82) is 0 Å². The minimum Gasteiger partial charge on any atom is -0.463 e. The minimum absolute atomic E-state index is 0.152. The van der Waals surface area contributed by atoms with Crippen LogP contribution in [-0.4, -0.2) is 25.3 Å². The standard InChI is InChI=1S/C13H22O3/c1-2-3-4-5-6-7-8-9-13(14)16-11-12-10-15-12/h7-8,12H,2-6,9-11H2,1H3/b8-7+. The van der Waals surface area contributed by atoms with Crippen molar-refractivity contribution in [3.63, 3.8) is 0 Å². The van der Waals surface area contributed by atoms with Gasteiger partial charge in [0.2, 0.25) is 0 Å². The van der Waals surface area contributed by atoms with Crippen LogP contribution in [0.5, 0.6) is 0 Å². The van der Waals surface area contributed by atoms with Gasteiger partial charge in [-0.15, -0.1) is 0 Å². The summed E-state index contributed by atoms with van der Waals surface area (Å²) in [5.74, 6) is -0.152. The minimum atomic E-state index is -0.152. The van der Waals surface area contributed by atoms with Gasteiger partial charge in [0, 0.05) is 0 Å². The summed E-state index contributed by atoms with van der Waals surface area (Å²) < 4.78 is 9.94. The molecule has 0 aromatic carbocycles. The lowest BCUT2D eigenvalue weighted by molar-refractivity contribution is -0.143. The van der Waals surface area contributed by atoms with Gasteiger partial charge in [-0.3, -0.25) is 4.79 Å². The van der Waals surface area contributed by atoms with Crippen LogP contribution in [0.1, 0.15) is 45.4 Å². The van der Waals surface area contributed by atoms with Crippen LogP contribution in [0.25, 0.3) is 0 Å². The number of hydrogen-bond acceptors (Lipinski definition) is 3. The first-order valence-corrected chi connectivity index (χ1v) is 6.25. The van der Waals surface area contributed by atoms with Crippen LogP contribution < -0.4 is 0 Å². The Hall–Kier alpha value is -0.830. The second kappa shape index (κ2) is 8.34. The molecule has 0 saturated carbocycles. The maximum atomic E-state index is 11.2. The smallest absolute Gasteiger partial charge is 0.309 e. The molecule has 1 aliphatic rings. The molecule has 16 heavy (non-hydrogen) atoms. The molecule has 1 aliphatic heterocycles. The van der Waals surface area contributed by atoms with Gasteiger partial charge in [0.25, 0.3) is 0 Å². The number of epoxide rings is 1. The molecule has 0 bridgehead atoms. The maximum Gasteiger partial charge on any atom is 0.309 e. The monoisotopic (exact) mass is 226 g/mol. The zero-order chi connectivity index (χ0) is 11.6. The average Bonchev–Trinajstić information content (AvgIpc) is 3.09. The molecule has 1 unspecified atom stereocenters. The molecule has 0 aromatic rings. The molecule has 0 aliphatic carbocycles. The number of rotatable bonds is 9. The highest BCUT2D eigenvalue weighted by Gasteiger charge is 2.23.